The molecule has 0 N–H and O–H groups in total. The highest BCUT2D eigenvalue weighted by Gasteiger charge is 2.31. The van der Waals surface area contributed by atoms with Gasteiger partial charge in [-0.3, -0.25) is 14.5 Å². The van der Waals surface area contributed by atoms with Gasteiger partial charge in [0.05, 0.1) is 23.1 Å². The van der Waals surface area contributed by atoms with Gasteiger partial charge < -0.3 is 14.2 Å². The molecule has 0 aliphatic carbocycles. The highest BCUT2D eigenvalue weighted by Crippen LogP contribution is 2.38. The zero-order valence-corrected chi connectivity index (χ0v) is 16.2. The van der Waals surface area contributed by atoms with Crippen molar-refractivity contribution in [3.63, 3.8) is 0 Å². The van der Waals surface area contributed by atoms with Crippen molar-refractivity contribution in [3.8, 4) is 11.5 Å². The summed E-state index contributed by atoms with van der Waals surface area (Å²) < 4.78 is 16.1. The van der Waals surface area contributed by atoms with Crippen molar-refractivity contribution in [1.29, 1.82) is 0 Å². The van der Waals surface area contributed by atoms with E-state index in [2.05, 4.69) is 15.9 Å². The summed E-state index contributed by atoms with van der Waals surface area (Å²) >= 11 is 4.23. The number of rotatable bonds is 6. The van der Waals surface area contributed by atoms with E-state index in [0.717, 1.165) is 16.7 Å². The lowest BCUT2D eigenvalue weighted by atomic mass is 10.2. The van der Waals surface area contributed by atoms with Gasteiger partial charge in [0.2, 0.25) is 0 Å². The van der Waals surface area contributed by atoms with Crippen molar-refractivity contribution in [3.05, 3.63) is 27.1 Å². The molecule has 25 heavy (non-hydrogen) atoms. The van der Waals surface area contributed by atoms with Gasteiger partial charge in [0.15, 0.2) is 18.1 Å². The van der Waals surface area contributed by atoms with Crippen LogP contribution in [-0.4, -0.2) is 49.4 Å². The first-order chi connectivity index (χ1) is 11.9. The second kappa shape index (κ2) is 8.39. The highest BCUT2D eigenvalue weighted by molar-refractivity contribution is 9.10. The normalized spacial score (nSPS) is 15.7. The number of amides is 2. The number of benzene rings is 1. The smallest absolute Gasteiger partial charge is 0.344 e. The molecule has 0 spiro atoms. The third-order valence-corrected chi connectivity index (χ3v) is 4.73. The molecule has 1 aliphatic heterocycles. The van der Waals surface area contributed by atoms with Crippen LogP contribution in [-0.2, 0) is 14.3 Å². The quantitative estimate of drug-likeness (QED) is 0.507. The Hall–Kier alpha value is -2.00. The number of carbonyl (C=O) groups excluding carboxylic acids is 3. The molecule has 134 valence electrons. The maximum absolute atomic E-state index is 12.0. The monoisotopic (exact) mass is 429 g/mol. The Kier molecular flexibility index (Phi) is 6.49. The molecule has 1 heterocycles. The average molecular weight is 430 g/mol. The number of ether oxygens (including phenoxy) is 3. The van der Waals surface area contributed by atoms with Crippen LogP contribution in [0.25, 0.3) is 6.08 Å². The number of imide groups is 1. The van der Waals surface area contributed by atoms with Crippen LogP contribution in [0.5, 0.6) is 11.5 Å². The first-order valence-corrected chi connectivity index (χ1v) is 8.85. The summed E-state index contributed by atoms with van der Waals surface area (Å²) in [4.78, 5) is 36.3. The fourth-order valence-electron chi connectivity index (χ4n) is 1.99. The maximum atomic E-state index is 12.0. The van der Waals surface area contributed by atoms with Gasteiger partial charge in [0.25, 0.3) is 11.1 Å². The number of hydrogen-bond donors (Lipinski definition) is 0. The number of nitrogens with zero attached hydrogens (tertiary/aromatic N) is 1. The highest BCUT2D eigenvalue weighted by atomic mass is 79.9. The molecule has 1 fully saturated rings. The predicted octanol–water partition coefficient (Wildman–Crippen LogP) is 3.07. The third kappa shape index (κ3) is 4.55. The Morgan fingerprint density at radius 2 is 2.08 bits per heavy atom. The predicted molar refractivity (Wildman–Crippen MR) is 96.6 cm³/mol. The molecule has 0 radical (unpaired) electrons. The fourth-order valence-corrected chi connectivity index (χ4v) is 3.40. The minimum absolute atomic E-state index is 0.253. The Balaban J connectivity index is 2.26. The first kappa shape index (κ1) is 19.3. The number of carbonyl (C=O) groups is 3. The van der Waals surface area contributed by atoms with Crippen molar-refractivity contribution in [2.45, 2.75) is 6.92 Å². The number of esters is 1. The van der Waals surface area contributed by atoms with Crippen LogP contribution in [0.4, 0.5) is 4.79 Å². The van der Waals surface area contributed by atoms with Gasteiger partial charge in [-0.15, -0.1) is 0 Å². The van der Waals surface area contributed by atoms with E-state index in [-0.39, 0.29) is 24.4 Å². The molecule has 0 aromatic heterocycles. The Bertz CT molecular complexity index is 748. The lowest BCUT2D eigenvalue weighted by Gasteiger charge is -2.13. The van der Waals surface area contributed by atoms with Gasteiger partial charge in [0, 0.05) is 7.05 Å². The number of likely N-dealkylation sites (N-methyl/N-ethyl adjacent to an activating group) is 1. The first-order valence-electron chi connectivity index (χ1n) is 7.24. The van der Waals surface area contributed by atoms with Crippen LogP contribution in [0, 0.1) is 0 Å². The van der Waals surface area contributed by atoms with E-state index >= 15 is 0 Å². The molecule has 0 unspecified atom stereocenters. The molecule has 9 heteroatoms. The average Bonchev–Trinajstić information content (AvgIpc) is 2.80. The zero-order valence-electron chi connectivity index (χ0n) is 13.8. The molecular weight excluding hydrogens is 414 g/mol. The summed E-state index contributed by atoms with van der Waals surface area (Å²) in [6, 6.07) is 3.35. The second-order valence-electron chi connectivity index (χ2n) is 4.87. The minimum atomic E-state index is -0.489. The van der Waals surface area contributed by atoms with Crippen molar-refractivity contribution in [2.24, 2.45) is 0 Å². The lowest BCUT2D eigenvalue weighted by molar-refractivity contribution is -0.145. The van der Waals surface area contributed by atoms with Gasteiger partial charge in [-0.05, 0) is 58.4 Å². The van der Waals surface area contributed by atoms with Crippen LogP contribution >= 0.6 is 27.7 Å². The van der Waals surface area contributed by atoms with Crippen molar-refractivity contribution in [1.82, 2.24) is 4.90 Å². The lowest BCUT2D eigenvalue weighted by Crippen LogP contribution is -2.22. The van der Waals surface area contributed by atoms with E-state index in [4.69, 9.17) is 14.2 Å². The summed E-state index contributed by atoms with van der Waals surface area (Å²) in [6.07, 6.45) is 1.59. The van der Waals surface area contributed by atoms with Gasteiger partial charge in [-0.1, -0.05) is 0 Å². The van der Waals surface area contributed by atoms with Crippen LogP contribution in [0.2, 0.25) is 0 Å². The number of thioether (sulfide) groups is 1. The number of methoxy groups -OCH3 is 1. The van der Waals surface area contributed by atoms with Crippen LogP contribution in [0.3, 0.4) is 0 Å². The fraction of sp³-hybridized carbons (Fsp3) is 0.312. The number of halogens is 1. The molecule has 2 amide bonds. The number of hydrogen-bond acceptors (Lipinski definition) is 7. The second-order valence-corrected chi connectivity index (χ2v) is 6.72. The molecule has 0 saturated carbocycles. The summed E-state index contributed by atoms with van der Waals surface area (Å²) in [7, 11) is 2.89. The Morgan fingerprint density at radius 1 is 1.36 bits per heavy atom. The minimum Gasteiger partial charge on any atom is -0.493 e. The molecule has 1 saturated heterocycles. The van der Waals surface area contributed by atoms with E-state index in [1.807, 2.05) is 0 Å². The van der Waals surface area contributed by atoms with Crippen LogP contribution < -0.4 is 9.47 Å². The SMILES string of the molecule is CCOC(=O)COc1c(Br)cc(C=C2SC(=O)N(C)C2=O)cc1OC. The molecule has 2 rings (SSSR count). The Labute approximate surface area is 157 Å². The molecule has 0 atom stereocenters. The van der Waals surface area contributed by atoms with E-state index in [1.165, 1.54) is 14.2 Å². The zero-order chi connectivity index (χ0) is 18.6. The van der Waals surface area contributed by atoms with Crippen molar-refractivity contribution < 1.29 is 28.6 Å². The Morgan fingerprint density at radius 3 is 2.64 bits per heavy atom. The topological polar surface area (TPSA) is 82.1 Å². The summed E-state index contributed by atoms with van der Waals surface area (Å²) in [6.45, 7) is 1.73. The van der Waals surface area contributed by atoms with Gasteiger partial charge in [-0.2, -0.15) is 0 Å². The maximum Gasteiger partial charge on any atom is 0.344 e. The van der Waals surface area contributed by atoms with Crippen molar-refractivity contribution >= 4 is 50.9 Å². The molecule has 7 nitrogen and oxygen atoms in total. The summed E-state index contributed by atoms with van der Waals surface area (Å²) in [5.41, 5.74) is 0.645. The van der Waals surface area contributed by atoms with E-state index < -0.39 is 5.97 Å². The standard InChI is InChI=1S/C16H16BrNO6S/c1-4-23-13(19)8-24-14-10(17)5-9(6-11(14)22-3)7-12-15(20)18(2)16(21)25-12/h5-7H,4,8H2,1-3H3. The van der Waals surface area contributed by atoms with E-state index in [9.17, 15) is 14.4 Å². The van der Waals surface area contributed by atoms with Crippen LogP contribution in [0.15, 0.2) is 21.5 Å². The third-order valence-electron chi connectivity index (χ3n) is 3.18. The molecule has 1 aromatic rings. The summed E-state index contributed by atoms with van der Waals surface area (Å²) in [5.74, 6) is -0.123. The molecule has 1 aromatic carbocycles. The van der Waals surface area contributed by atoms with E-state index in [0.29, 0.717) is 26.4 Å². The summed E-state index contributed by atoms with van der Waals surface area (Å²) in [5, 5.41) is -0.323. The van der Waals surface area contributed by atoms with Gasteiger partial charge in [0.1, 0.15) is 0 Å². The molecule has 0 bridgehead atoms. The van der Waals surface area contributed by atoms with E-state index in [1.54, 1.807) is 25.1 Å². The van der Waals surface area contributed by atoms with Gasteiger partial charge >= 0.3 is 5.97 Å². The van der Waals surface area contributed by atoms with Crippen LogP contribution in [0.1, 0.15) is 12.5 Å². The molecule has 1 aliphatic rings. The van der Waals surface area contributed by atoms with Gasteiger partial charge in [-0.25, -0.2) is 4.79 Å². The largest absolute Gasteiger partial charge is 0.493 e. The molecular formula is C16H16BrNO6S. The van der Waals surface area contributed by atoms with Crippen molar-refractivity contribution in [2.75, 3.05) is 27.4 Å².